The molecule has 8 heteroatoms. The lowest BCUT2D eigenvalue weighted by atomic mass is 10.1. The third-order valence-corrected chi connectivity index (χ3v) is 6.28. The molecule has 3 rings (SSSR count). The first-order valence-corrected chi connectivity index (χ1v) is 11.1. The SMILES string of the molecule is Cc1nc(-c2ccc(CC(=O)NCCNS(=O)(=O)c3ccccc3)cc2)cs1. The van der Waals surface area contributed by atoms with Crippen molar-refractivity contribution in [2.75, 3.05) is 13.1 Å². The summed E-state index contributed by atoms with van der Waals surface area (Å²) in [5.74, 6) is -0.156. The summed E-state index contributed by atoms with van der Waals surface area (Å²) < 4.78 is 26.7. The Hall–Kier alpha value is -2.55. The number of hydrogen-bond donors (Lipinski definition) is 2. The zero-order chi connectivity index (χ0) is 20.0. The topological polar surface area (TPSA) is 88.2 Å². The Morgan fingerprint density at radius 2 is 1.75 bits per heavy atom. The van der Waals surface area contributed by atoms with Gasteiger partial charge in [-0.1, -0.05) is 42.5 Å². The van der Waals surface area contributed by atoms with Crippen LogP contribution < -0.4 is 10.0 Å². The second-order valence-electron chi connectivity index (χ2n) is 6.19. The molecule has 2 N–H and O–H groups in total. The predicted octanol–water partition coefficient (Wildman–Crippen LogP) is 2.76. The van der Waals surface area contributed by atoms with Crippen molar-refractivity contribution in [2.24, 2.45) is 0 Å². The number of nitrogens with zero attached hydrogens (tertiary/aromatic N) is 1. The number of hydrogen-bond acceptors (Lipinski definition) is 5. The molecular weight excluding hydrogens is 394 g/mol. The van der Waals surface area contributed by atoms with Crippen molar-refractivity contribution in [3.8, 4) is 11.3 Å². The Balaban J connectivity index is 1.44. The lowest BCUT2D eigenvalue weighted by molar-refractivity contribution is -0.120. The Labute approximate surface area is 168 Å². The van der Waals surface area contributed by atoms with Crippen LogP contribution in [-0.4, -0.2) is 32.4 Å². The van der Waals surface area contributed by atoms with Gasteiger partial charge in [-0.3, -0.25) is 4.79 Å². The van der Waals surface area contributed by atoms with Gasteiger partial charge in [-0.2, -0.15) is 0 Å². The minimum atomic E-state index is -3.55. The lowest BCUT2D eigenvalue weighted by Crippen LogP contribution is -2.35. The van der Waals surface area contributed by atoms with E-state index >= 15 is 0 Å². The molecule has 28 heavy (non-hydrogen) atoms. The average molecular weight is 416 g/mol. The van der Waals surface area contributed by atoms with Crippen LogP contribution in [0.3, 0.4) is 0 Å². The molecule has 0 aliphatic heterocycles. The molecule has 1 heterocycles. The third-order valence-electron chi connectivity index (χ3n) is 4.03. The van der Waals surface area contributed by atoms with Gasteiger partial charge in [-0.25, -0.2) is 18.1 Å². The first kappa shape index (κ1) is 20.2. The Morgan fingerprint density at radius 1 is 1.04 bits per heavy atom. The molecule has 0 unspecified atom stereocenters. The molecule has 1 aromatic heterocycles. The van der Waals surface area contributed by atoms with Crippen molar-refractivity contribution < 1.29 is 13.2 Å². The molecule has 1 amide bonds. The minimum absolute atomic E-state index is 0.130. The van der Waals surface area contributed by atoms with Crippen LogP contribution in [0.15, 0.2) is 64.9 Å². The van der Waals surface area contributed by atoms with Crippen LogP contribution in [0.5, 0.6) is 0 Å². The molecule has 6 nitrogen and oxygen atoms in total. The monoisotopic (exact) mass is 415 g/mol. The van der Waals surface area contributed by atoms with E-state index in [9.17, 15) is 13.2 Å². The smallest absolute Gasteiger partial charge is 0.240 e. The quantitative estimate of drug-likeness (QED) is 0.554. The summed E-state index contributed by atoms with van der Waals surface area (Å²) in [7, 11) is -3.55. The second kappa shape index (κ2) is 9.09. The molecule has 0 saturated heterocycles. The molecule has 2 aromatic carbocycles. The van der Waals surface area contributed by atoms with E-state index in [1.165, 1.54) is 12.1 Å². The van der Waals surface area contributed by atoms with Gasteiger partial charge in [0.25, 0.3) is 0 Å². The molecule has 146 valence electrons. The van der Waals surface area contributed by atoms with Crippen molar-refractivity contribution >= 4 is 27.3 Å². The number of nitrogens with one attached hydrogen (secondary N) is 2. The van der Waals surface area contributed by atoms with Crippen LogP contribution in [0.25, 0.3) is 11.3 Å². The summed E-state index contributed by atoms with van der Waals surface area (Å²) >= 11 is 1.60. The predicted molar refractivity (Wildman–Crippen MR) is 111 cm³/mol. The standard InChI is InChI=1S/C20H21N3O3S2/c1-15-23-19(14-27-15)17-9-7-16(8-10-17)13-20(24)21-11-12-22-28(25,26)18-5-3-2-4-6-18/h2-10,14,22H,11-13H2,1H3,(H,21,24). The van der Waals surface area contributed by atoms with Crippen molar-refractivity contribution in [3.63, 3.8) is 0 Å². The summed E-state index contributed by atoms with van der Waals surface area (Å²) in [6, 6.07) is 15.8. The fraction of sp³-hybridized carbons (Fsp3) is 0.200. The van der Waals surface area contributed by atoms with E-state index in [0.29, 0.717) is 0 Å². The van der Waals surface area contributed by atoms with Gasteiger partial charge in [0, 0.05) is 24.0 Å². The largest absolute Gasteiger partial charge is 0.355 e. The van der Waals surface area contributed by atoms with Crippen LogP contribution in [0, 0.1) is 6.92 Å². The van der Waals surface area contributed by atoms with Gasteiger partial charge in [-0.05, 0) is 24.6 Å². The van der Waals surface area contributed by atoms with Gasteiger partial charge in [-0.15, -0.1) is 11.3 Å². The van der Waals surface area contributed by atoms with Gasteiger partial charge in [0.15, 0.2) is 0 Å². The van der Waals surface area contributed by atoms with E-state index in [0.717, 1.165) is 21.8 Å². The maximum absolute atomic E-state index is 12.1. The molecule has 0 aliphatic carbocycles. The number of aryl methyl sites for hydroxylation is 1. The maximum Gasteiger partial charge on any atom is 0.240 e. The van der Waals surface area contributed by atoms with Crippen LogP contribution in [-0.2, 0) is 21.2 Å². The molecule has 0 atom stereocenters. The van der Waals surface area contributed by atoms with E-state index in [-0.39, 0.29) is 30.3 Å². The highest BCUT2D eigenvalue weighted by Gasteiger charge is 2.12. The highest BCUT2D eigenvalue weighted by Crippen LogP contribution is 2.21. The first-order valence-electron chi connectivity index (χ1n) is 8.77. The van der Waals surface area contributed by atoms with Gasteiger partial charge in [0.1, 0.15) is 0 Å². The van der Waals surface area contributed by atoms with E-state index in [4.69, 9.17) is 0 Å². The Bertz CT molecular complexity index is 1030. The van der Waals surface area contributed by atoms with Gasteiger partial charge >= 0.3 is 0 Å². The zero-order valence-corrected chi connectivity index (χ0v) is 17.0. The van der Waals surface area contributed by atoms with Gasteiger partial charge in [0.05, 0.1) is 22.0 Å². The molecule has 0 fully saturated rings. The Morgan fingerprint density at radius 3 is 2.39 bits per heavy atom. The van der Waals surface area contributed by atoms with Crippen LogP contribution in [0.1, 0.15) is 10.6 Å². The molecular formula is C20H21N3O3S2. The number of amides is 1. The summed E-state index contributed by atoms with van der Waals surface area (Å²) in [5, 5.41) is 5.75. The number of sulfonamides is 1. The number of aromatic nitrogens is 1. The summed E-state index contributed by atoms with van der Waals surface area (Å²) in [5.41, 5.74) is 2.84. The zero-order valence-electron chi connectivity index (χ0n) is 15.4. The van der Waals surface area contributed by atoms with Crippen LogP contribution in [0.4, 0.5) is 0 Å². The highest BCUT2D eigenvalue weighted by atomic mass is 32.2. The second-order valence-corrected chi connectivity index (χ2v) is 9.02. The normalized spacial score (nSPS) is 11.3. The average Bonchev–Trinajstić information content (AvgIpc) is 3.13. The molecule has 0 aliphatic rings. The Kier molecular flexibility index (Phi) is 6.56. The molecule has 3 aromatic rings. The fourth-order valence-corrected chi connectivity index (χ4v) is 4.28. The number of thiazole rings is 1. The van der Waals surface area contributed by atoms with E-state index in [1.807, 2.05) is 36.6 Å². The van der Waals surface area contributed by atoms with E-state index in [1.54, 1.807) is 29.5 Å². The fourth-order valence-electron chi connectivity index (χ4n) is 2.61. The van der Waals surface area contributed by atoms with Gasteiger partial charge in [0.2, 0.25) is 15.9 Å². The van der Waals surface area contributed by atoms with E-state index < -0.39 is 10.0 Å². The van der Waals surface area contributed by atoms with Crippen molar-refractivity contribution in [1.29, 1.82) is 0 Å². The first-order chi connectivity index (χ1) is 13.4. The lowest BCUT2D eigenvalue weighted by Gasteiger charge is -2.08. The maximum atomic E-state index is 12.1. The van der Waals surface area contributed by atoms with Crippen molar-refractivity contribution in [2.45, 2.75) is 18.2 Å². The molecule has 0 radical (unpaired) electrons. The molecule has 0 saturated carbocycles. The summed E-state index contributed by atoms with van der Waals surface area (Å²) in [6.45, 7) is 2.32. The van der Waals surface area contributed by atoms with Crippen molar-refractivity contribution in [1.82, 2.24) is 15.0 Å². The number of benzene rings is 2. The molecule has 0 bridgehead atoms. The third kappa shape index (κ3) is 5.48. The van der Waals surface area contributed by atoms with Crippen LogP contribution in [0.2, 0.25) is 0 Å². The van der Waals surface area contributed by atoms with Gasteiger partial charge < -0.3 is 5.32 Å². The van der Waals surface area contributed by atoms with Crippen molar-refractivity contribution in [3.05, 3.63) is 70.5 Å². The molecule has 0 spiro atoms. The summed E-state index contributed by atoms with van der Waals surface area (Å²) in [6.07, 6.45) is 0.238. The number of carbonyl (C=O) groups is 1. The highest BCUT2D eigenvalue weighted by molar-refractivity contribution is 7.89. The minimum Gasteiger partial charge on any atom is -0.355 e. The van der Waals surface area contributed by atoms with E-state index in [2.05, 4.69) is 15.0 Å². The number of carbonyl (C=O) groups excluding carboxylic acids is 1. The van der Waals surface area contributed by atoms with Crippen LogP contribution >= 0.6 is 11.3 Å². The number of rotatable bonds is 8. The summed E-state index contributed by atoms with van der Waals surface area (Å²) in [4.78, 5) is 16.7.